The van der Waals surface area contributed by atoms with Crippen LogP contribution in [0.15, 0.2) is 42.5 Å². The van der Waals surface area contributed by atoms with Crippen molar-refractivity contribution in [3.63, 3.8) is 0 Å². The average molecular weight is 573 g/mol. The molecule has 0 radical (unpaired) electrons. The lowest BCUT2D eigenvalue weighted by molar-refractivity contribution is -0.0498. The van der Waals surface area contributed by atoms with Crippen LogP contribution < -0.4 is 20.3 Å². The van der Waals surface area contributed by atoms with Gasteiger partial charge in [0.25, 0.3) is 0 Å². The van der Waals surface area contributed by atoms with Crippen LogP contribution in [0.4, 0.5) is 24.7 Å². The summed E-state index contributed by atoms with van der Waals surface area (Å²) in [6.45, 7) is 0.651. The van der Waals surface area contributed by atoms with Crippen LogP contribution in [0, 0.1) is 23.1 Å². The van der Waals surface area contributed by atoms with Gasteiger partial charge in [-0.05, 0) is 62.5 Å². The van der Waals surface area contributed by atoms with E-state index in [4.69, 9.17) is 10.00 Å². The average Bonchev–Trinajstić information content (AvgIpc) is 3.19. The van der Waals surface area contributed by atoms with Crippen molar-refractivity contribution in [1.29, 1.82) is 5.26 Å². The molecule has 1 atom stereocenters. The molecule has 0 aliphatic carbocycles. The molecule has 5 rings (SSSR count). The van der Waals surface area contributed by atoms with Gasteiger partial charge >= 0.3 is 6.61 Å². The van der Waals surface area contributed by atoms with Crippen LogP contribution in [0.1, 0.15) is 24.8 Å². The van der Waals surface area contributed by atoms with E-state index >= 15 is 0 Å². The third kappa shape index (κ3) is 6.59. The highest BCUT2D eigenvalue weighted by Crippen LogP contribution is 2.35. The molecule has 3 heterocycles. The molecule has 12 heteroatoms. The Kier molecular flexibility index (Phi) is 8.91. The van der Waals surface area contributed by atoms with E-state index < -0.39 is 23.2 Å². The summed E-state index contributed by atoms with van der Waals surface area (Å²) in [7, 11) is -0.883. The Morgan fingerprint density at radius 3 is 2.73 bits per heavy atom. The Hall–Kier alpha value is -3.56. The molecule has 2 saturated heterocycles. The number of nitrogens with one attached hydrogen (secondary N) is 2. The summed E-state index contributed by atoms with van der Waals surface area (Å²) in [5, 5.41) is 20.6. The Morgan fingerprint density at radius 2 is 1.98 bits per heavy atom. The lowest BCUT2D eigenvalue weighted by Crippen LogP contribution is -2.37. The van der Waals surface area contributed by atoms with Crippen molar-refractivity contribution >= 4 is 22.3 Å². The fourth-order valence-electron chi connectivity index (χ4n) is 5.13. The molecule has 1 unspecified atom stereocenters. The predicted molar refractivity (Wildman–Crippen MR) is 149 cm³/mol. The molecule has 0 amide bonds. The van der Waals surface area contributed by atoms with Crippen LogP contribution >= 0.6 is 0 Å². The van der Waals surface area contributed by atoms with E-state index in [2.05, 4.69) is 15.7 Å². The SMILES string of the molecule is N#Cc1ccc(-c2cc(NCC3CCCNCC3)nn2-c2ccc(N3CCS(=O)CC3)cc2OC(F)F)cc1F. The van der Waals surface area contributed by atoms with Crippen molar-refractivity contribution in [2.24, 2.45) is 5.92 Å². The number of hydrogen-bond acceptors (Lipinski definition) is 7. The highest BCUT2D eigenvalue weighted by Gasteiger charge is 2.22. The molecule has 2 aromatic carbocycles. The highest BCUT2D eigenvalue weighted by atomic mass is 32.2. The molecule has 0 spiro atoms. The molecule has 0 bridgehead atoms. The van der Waals surface area contributed by atoms with E-state index in [1.165, 1.54) is 22.9 Å². The lowest BCUT2D eigenvalue weighted by Gasteiger charge is -2.29. The van der Waals surface area contributed by atoms with Gasteiger partial charge in [-0.3, -0.25) is 4.21 Å². The smallest absolute Gasteiger partial charge is 0.387 e. The topological polar surface area (TPSA) is 95.2 Å². The van der Waals surface area contributed by atoms with Crippen LogP contribution in [0.25, 0.3) is 16.9 Å². The maximum atomic E-state index is 14.6. The first kappa shape index (κ1) is 28.0. The van der Waals surface area contributed by atoms with Gasteiger partial charge in [0, 0.05) is 65.3 Å². The number of benzene rings is 2. The standard InChI is InChI=1S/C28H31F3N6O2S/c29-23-14-20(3-4-21(23)17-32)25-16-27(34-18-19-2-1-8-33-9-7-19)35-37(25)24-6-5-22(15-26(24)39-28(30)31)36-10-12-40(38)13-11-36/h3-6,14-16,19,28,33H,1-2,7-13,18H2,(H,34,35). The molecule has 212 valence electrons. The van der Waals surface area contributed by atoms with E-state index in [9.17, 15) is 17.4 Å². The summed E-state index contributed by atoms with van der Waals surface area (Å²) >= 11 is 0. The predicted octanol–water partition coefficient (Wildman–Crippen LogP) is 4.52. The third-order valence-electron chi connectivity index (χ3n) is 7.29. The molecule has 2 fully saturated rings. The Balaban J connectivity index is 1.53. The summed E-state index contributed by atoms with van der Waals surface area (Å²) in [5.41, 5.74) is 1.73. The van der Waals surface area contributed by atoms with Crippen molar-refractivity contribution < 1.29 is 22.1 Å². The largest absolute Gasteiger partial charge is 0.432 e. The van der Waals surface area contributed by atoms with Crippen molar-refractivity contribution in [3.8, 4) is 28.8 Å². The van der Waals surface area contributed by atoms with Crippen molar-refractivity contribution in [3.05, 3.63) is 53.8 Å². The van der Waals surface area contributed by atoms with Gasteiger partial charge in [0.1, 0.15) is 23.4 Å². The quantitative estimate of drug-likeness (QED) is 0.410. The molecule has 2 aliphatic heterocycles. The normalized spacial score (nSPS) is 18.4. The number of nitrogens with zero attached hydrogens (tertiary/aromatic N) is 4. The second kappa shape index (κ2) is 12.7. The van der Waals surface area contributed by atoms with Gasteiger partial charge in [0.15, 0.2) is 5.75 Å². The van der Waals surface area contributed by atoms with E-state index in [0.29, 0.717) is 59.8 Å². The number of aromatic nitrogens is 2. The van der Waals surface area contributed by atoms with Crippen molar-refractivity contribution in [2.75, 3.05) is 54.4 Å². The molecule has 40 heavy (non-hydrogen) atoms. The number of alkyl halides is 2. The zero-order valence-electron chi connectivity index (χ0n) is 21.9. The van der Waals surface area contributed by atoms with Crippen molar-refractivity contribution in [2.45, 2.75) is 25.9 Å². The molecular formula is C28H31F3N6O2S. The van der Waals surface area contributed by atoms with E-state index in [1.54, 1.807) is 24.3 Å². The molecule has 2 aliphatic rings. The van der Waals surface area contributed by atoms with Gasteiger partial charge in [0.05, 0.1) is 11.3 Å². The first-order valence-electron chi connectivity index (χ1n) is 13.3. The van der Waals surface area contributed by atoms with E-state index in [0.717, 1.165) is 32.4 Å². The summed E-state index contributed by atoms with van der Waals surface area (Å²) in [4.78, 5) is 1.98. The van der Waals surface area contributed by atoms with Crippen LogP contribution in [0.3, 0.4) is 0 Å². The van der Waals surface area contributed by atoms with Crippen molar-refractivity contribution in [1.82, 2.24) is 15.1 Å². The van der Waals surface area contributed by atoms with E-state index in [1.807, 2.05) is 11.0 Å². The second-order valence-electron chi connectivity index (χ2n) is 9.93. The van der Waals surface area contributed by atoms with Crippen LogP contribution in [-0.4, -0.2) is 64.8 Å². The monoisotopic (exact) mass is 572 g/mol. The summed E-state index contributed by atoms with van der Waals surface area (Å²) in [5.74, 6) is 1.21. The third-order valence-corrected chi connectivity index (χ3v) is 8.57. The first-order valence-corrected chi connectivity index (χ1v) is 14.8. The minimum Gasteiger partial charge on any atom is -0.432 e. The van der Waals surface area contributed by atoms with Crippen LogP contribution in [-0.2, 0) is 10.8 Å². The zero-order chi connectivity index (χ0) is 28.1. The van der Waals surface area contributed by atoms with Gasteiger partial charge in [0.2, 0.25) is 0 Å². The van der Waals surface area contributed by atoms with Gasteiger partial charge in [-0.15, -0.1) is 5.10 Å². The second-order valence-corrected chi connectivity index (χ2v) is 11.6. The highest BCUT2D eigenvalue weighted by molar-refractivity contribution is 7.85. The first-order chi connectivity index (χ1) is 19.4. The summed E-state index contributed by atoms with van der Waals surface area (Å²) in [6.07, 6.45) is 3.19. The fraction of sp³-hybridized carbons (Fsp3) is 0.429. The molecule has 8 nitrogen and oxygen atoms in total. The fourth-order valence-corrected chi connectivity index (χ4v) is 6.18. The molecular weight excluding hydrogens is 541 g/mol. The van der Waals surface area contributed by atoms with Crippen LogP contribution in [0.5, 0.6) is 5.75 Å². The number of hydrogen-bond donors (Lipinski definition) is 2. The maximum Gasteiger partial charge on any atom is 0.387 e. The zero-order valence-corrected chi connectivity index (χ0v) is 22.7. The minimum atomic E-state index is -3.07. The molecule has 2 N–H and O–H groups in total. The Labute approximate surface area is 233 Å². The summed E-state index contributed by atoms with van der Waals surface area (Å²) < 4.78 is 60.0. The molecule has 1 aromatic heterocycles. The summed E-state index contributed by atoms with van der Waals surface area (Å²) in [6, 6.07) is 12.8. The minimum absolute atomic E-state index is 0.0842. The van der Waals surface area contributed by atoms with Crippen LogP contribution in [0.2, 0.25) is 0 Å². The number of rotatable bonds is 8. The molecule has 0 saturated carbocycles. The van der Waals surface area contributed by atoms with Gasteiger partial charge in [-0.25, -0.2) is 9.07 Å². The number of nitriles is 1. The van der Waals surface area contributed by atoms with E-state index in [-0.39, 0.29) is 17.0 Å². The molecule has 3 aromatic rings. The Morgan fingerprint density at radius 1 is 1.15 bits per heavy atom. The van der Waals surface area contributed by atoms with Gasteiger partial charge < -0.3 is 20.3 Å². The number of ether oxygens (including phenoxy) is 1. The Bertz CT molecular complexity index is 1390. The van der Waals surface area contributed by atoms with Gasteiger partial charge in [-0.2, -0.15) is 14.0 Å². The lowest BCUT2D eigenvalue weighted by atomic mass is 10.0. The number of halogens is 3. The maximum absolute atomic E-state index is 14.6. The number of anilines is 2. The van der Waals surface area contributed by atoms with Gasteiger partial charge in [-0.1, -0.05) is 6.07 Å².